The number of methoxy groups -OCH3 is 3. The Morgan fingerprint density at radius 2 is 1.83 bits per heavy atom. The Labute approximate surface area is 132 Å². The molecule has 23 heavy (non-hydrogen) atoms. The normalized spacial score (nSPS) is 11.6. The number of carbonyl (C=O) groups is 2. The average molecular weight is 345 g/mol. The first-order valence-electron chi connectivity index (χ1n) is 6.03. The van der Waals surface area contributed by atoms with Crippen LogP contribution in [0.4, 0.5) is 5.69 Å². The predicted molar refractivity (Wildman–Crippen MR) is 78.5 cm³/mol. The zero-order valence-corrected chi connectivity index (χ0v) is 13.3. The maximum atomic E-state index is 11.7. The Balaban J connectivity index is 3.34. The number of hydrogen-bond acceptors (Lipinski definition) is 8. The molecule has 0 atom stereocenters. The van der Waals surface area contributed by atoms with Crippen molar-refractivity contribution in [2.24, 2.45) is 0 Å². The maximum Gasteiger partial charge on any atom is 0.354 e. The lowest BCUT2D eigenvalue weighted by atomic mass is 10.2. The molecule has 1 rings (SSSR count). The molecule has 0 amide bonds. The van der Waals surface area contributed by atoms with Crippen molar-refractivity contribution in [2.45, 2.75) is 4.90 Å². The Bertz CT molecular complexity index is 738. The van der Waals surface area contributed by atoms with E-state index in [1.54, 1.807) is 0 Å². The van der Waals surface area contributed by atoms with Gasteiger partial charge in [-0.15, -0.1) is 0 Å². The second-order valence-corrected chi connectivity index (χ2v) is 5.46. The van der Waals surface area contributed by atoms with Crippen LogP contribution in [0.5, 0.6) is 5.75 Å². The van der Waals surface area contributed by atoms with E-state index in [2.05, 4.69) is 14.8 Å². The molecule has 0 saturated carbocycles. The fourth-order valence-electron chi connectivity index (χ4n) is 1.52. The van der Waals surface area contributed by atoms with Crippen LogP contribution in [0.2, 0.25) is 0 Å². The Kier molecular flexibility index (Phi) is 6.10. The summed E-state index contributed by atoms with van der Waals surface area (Å²) in [7, 11) is -0.931. The van der Waals surface area contributed by atoms with Crippen LogP contribution in [0.3, 0.4) is 0 Å². The molecule has 0 fully saturated rings. The summed E-state index contributed by atoms with van der Waals surface area (Å²) in [6.07, 6.45) is 0.825. The number of rotatable bonds is 6. The molecule has 1 aromatic carbocycles. The smallest absolute Gasteiger partial charge is 0.354 e. The third kappa shape index (κ3) is 4.97. The van der Waals surface area contributed by atoms with E-state index in [1.807, 2.05) is 0 Å². The topological polar surface area (TPSA) is 128 Å². The van der Waals surface area contributed by atoms with Crippen LogP contribution < -0.4 is 10.1 Å². The van der Waals surface area contributed by atoms with Gasteiger partial charge in [-0.3, -0.25) is 4.55 Å². The fourth-order valence-corrected chi connectivity index (χ4v) is 2.03. The first-order valence-corrected chi connectivity index (χ1v) is 7.47. The highest BCUT2D eigenvalue weighted by molar-refractivity contribution is 7.85. The van der Waals surface area contributed by atoms with Gasteiger partial charge in [0.25, 0.3) is 10.1 Å². The molecule has 0 unspecified atom stereocenters. The van der Waals surface area contributed by atoms with Crippen LogP contribution >= 0.6 is 0 Å². The molecule has 1 aromatic rings. The van der Waals surface area contributed by atoms with Crippen LogP contribution in [0.1, 0.15) is 0 Å². The minimum absolute atomic E-state index is 0.0168. The van der Waals surface area contributed by atoms with E-state index < -0.39 is 27.0 Å². The van der Waals surface area contributed by atoms with Gasteiger partial charge < -0.3 is 19.5 Å². The fraction of sp³-hybridized carbons (Fsp3) is 0.231. The second-order valence-electron chi connectivity index (χ2n) is 4.03. The molecule has 0 heterocycles. The van der Waals surface area contributed by atoms with Gasteiger partial charge in [-0.05, 0) is 18.2 Å². The summed E-state index contributed by atoms with van der Waals surface area (Å²) in [6, 6.07) is 3.40. The molecular weight excluding hydrogens is 330 g/mol. The summed E-state index contributed by atoms with van der Waals surface area (Å²) in [5.41, 5.74) is -0.298. The number of ether oxygens (including phenoxy) is 3. The highest BCUT2D eigenvalue weighted by atomic mass is 32.2. The molecule has 0 bridgehead atoms. The van der Waals surface area contributed by atoms with Crippen molar-refractivity contribution in [3.8, 4) is 5.75 Å². The van der Waals surface area contributed by atoms with Gasteiger partial charge in [0.2, 0.25) is 0 Å². The lowest BCUT2D eigenvalue weighted by molar-refractivity contribution is -0.138. The van der Waals surface area contributed by atoms with E-state index in [4.69, 9.17) is 9.29 Å². The second kappa shape index (κ2) is 7.61. The van der Waals surface area contributed by atoms with Crippen LogP contribution in [-0.4, -0.2) is 46.2 Å². The van der Waals surface area contributed by atoms with E-state index in [0.29, 0.717) is 0 Å². The van der Waals surface area contributed by atoms with E-state index >= 15 is 0 Å². The van der Waals surface area contributed by atoms with Gasteiger partial charge in [0.15, 0.2) is 0 Å². The maximum absolute atomic E-state index is 11.7. The number of nitrogens with one attached hydrogen (secondary N) is 1. The number of hydrogen-bond donors (Lipinski definition) is 2. The van der Waals surface area contributed by atoms with Gasteiger partial charge in [-0.2, -0.15) is 8.42 Å². The third-order valence-corrected chi connectivity index (χ3v) is 3.46. The molecule has 10 heteroatoms. The lowest BCUT2D eigenvalue weighted by Gasteiger charge is -2.13. The predicted octanol–water partition coefficient (Wildman–Crippen LogP) is 0.584. The summed E-state index contributed by atoms with van der Waals surface area (Å²) in [4.78, 5) is 22.6. The minimum Gasteiger partial charge on any atom is -0.495 e. The molecule has 0 aliphatic heterocycles. The molecule has 0 aliphatic rings. The van der Waals surface area contributed by atoms with Crippen LogP contribution in [0.25, 0.3) is 0 Å². The molecule has 0 aromatic heterocycles. The molecular formula is C13H15NO8S. The zero-order valence-electron chi connectivity index (χ0n) is 12.5. The summed E-state index contributed by atoms with van der Waals surface area (Å²) < 4.78 is 45.4. The number of carbonyl (C=O) groups excluding carboxylic acids is 2. The van der Waals surface area contributed by atoms with Gasteiger partial charge in [-0.25, -0.2) is 9.59 Å². The van der Waals surface area contributed by atoms with E-state index in [1.165, 1.54) is 13.2 Å². The summed E-state index contributed by atoms with van der Waals surface area (Å²) >= 11 is 0. The van der Waals surface area contributed by atoms with Crippen LogP contribution in [0, 0.1) is 0 Å². The van der Waals surface area contributed by atoms with Crippen molar-refractivity contribution in [2.75, 3.05) is 26.6 Å². The van der Waals surface area contributed by atoms with Crippen LogP contribution in [-0.2, 0) is 29.2 Å². The third-order valence-electron chi connectivity index (χ3n) is 2.61. The molecule has 126 valence electrons. The van der Waals surface area contributed by atoms with Crippen molar-refractivity contribution >= 4 is 27.7 Å². The summed E-state index contributed by atoms with van der Waals surface area (Å²) in [6.45, 7) is 0. The standard InChI is InChI=1S/C13H15NO8S/c1-20-11-5-4-8(23(17,18)19)6-9(11)14-10(13(16)22-3)7-12(15)21-2/h4-7,14H,1-3H3,(H,17,18,19)/b10-7+. The van der Waals surface area contributed by atoms with Crippen molar-refractivity contribution in [1.29, 1.82) is 0 Å². The van der Waals surface area contributed by atoms with Crippen molar-refractivity contribution < 1.29 is 36.8 Å². The highest BCUT2D eigenvalue weighted by Gasteiger charge is 2.18. The van der Waals surface area contributed by atoms with E-state index in [9.17, 15) is 18.0 Å². The summed E-state index contributed by atoms with van der Waals surface area (Å²) in [5, 5.41) is 2.51. The van der Waals surface area contributed by atoms with Crippen molar-refractivity contribution in [3.05, 3.63) is 30.0 Å². The first-order chi connectivity index (χ1) is 10.7. The molecule has 0 radical (unpaired) electrons. The minimum atomic E-state index is -4.46. The first kappa shape index (κ1) is 18.5. The molecule has 0 aliphatic carbocycles. The zero-order chi connectivity index (χ0) is 17.6. The number of esters is 2. The van der Waals surface area contributed by atoms with Gasteiger partial charge in [0.1, 0.15) is 11.4 Å². The molecule has 2 N–H and O–H groups in total. The van der Waals surface area contributed by atoms with Crippen molar-refractivity contribution in [3.63, 3.8) is 0 Å². The van der Waals surface area contributed by atoms with Gasteiger partial charge in [0, 0.05) is 0 Å². The van der Waals surface area contributed by atoms with Gasteiger partial charge >= 0.3 is 11.9 Å². The molecule has 0 saturated heterocycles. The van der Waals surface area contributed by atoms with Crippen LogP contribution in [0.15, 0.2) is 34.9 Å². The monoisotopic (exact) mass is 345 g/mol. The quantitative estimate of drug-likeness (QED) is 0.432. The SMILES string of the molecule is COC(=O)/C=C(/Nc1cc(S(=O)(=O)O)ccc1OC)C(=O)OC. The Morgan fingerprint density at radius 1 is 1.17 bits per heavy atom. The lowest BCUT2D eigenvalue weighted by Crippen LogP contribution is -2.16. The number of anilines is 1. The molecule has 0 spiro atoms. The van der Waals surface area contributed by atoms with Crippen molar-refractivity contribution in [1.82, 2.24) is 0 Å². The van der Waals surface area contributed by atoms with Gasteiger partial charge in [0.05, 0.1) is 38.0 Å². The van der Waals surface area contributed by atoms with E-state index in [-0.39, 0.29) is 17.1 Å². The largest absolute Gasteiger partial charge is 0.495 e. The Morgan fingerprint density at radius 3 is 2.30 bits per heavy atom. The van der Waals surface area contributed by atoms with E-state index in [0.717, 1.165) is 32.4 Å². The highest BCUT2D eigenvalue weighted by Crippen LogP contribution is 2.28. The summed E-state index contributed by atoms with van der Waals surface area (Å²) in [5.74, 6) is -1.56. The Hall–Kier alpha value is -2.59. The number of benzene rings is 1. The van der Waals surface area contributed by atoms with Gasteiger partial charge in [-0.1, -0.05) is 0 Å². The molecule has 9 nitrogen and oxygen atoms in total. The average Bonchev–Trinajstić information content (AvgIpc) is 2.52.